The van der Waals surface area contributed by atoms with E-state index in [2.05, 4.69) is 15.6 Å². The van der Waals surface area contributed by atoms with Crippen molar-refractivity contribution < 1.29 is 23.1 Å². The van der Waals surface area contributed by atoms with Crippen LogP contribution in [0.4, 0.5) is 4.39 Å². The van der Waals surface area contributed by atoms with Gasteiger partial charge < -0.3 is 24.5 Å². The summed E-state index contributed by atoms with van der Waals surface area (Å²) in [7, 11) is 2.98. The van der Waals surface area contributed by atoms with Gasteiger partial charge in [0.1, 0.15) is 34.8 Å². The summed E-state index contributed by atoms with van der Waals surface area (Å²) in [5.74, 6) is 1.35. The number of ether oxygens (including phenoxy) is 2. The Morgan fingerprint density at radius 2 is 2.07 bits per heavy atom. The maximum absolute atomic E-state index is 13.3. The number of carbonyl (C=O) groups excluding carboxylic acids is 1. The number of hydrogen-bond donors (Lipinski definition) is 2. The third-order valence-corrected chi connectivity index (χ3v) is 4.08. The molecule has 2 N–H and O–H groups in total. The molecule has 0 saturated heterocycles. The van der Waals surface area contributed by atoms with E-state index in [1.165, 1.54) is 19.2 Å². The van der Waals surface area contributed by atoms with Crippen molar-refractivity contribution >= 4 is 35.9 Å². The first-order valence-corrected chi connectivity index (χ1v) is 9.01. The van der Waals surface area contributed by atoms with Crippen LogP contribution in [0.1, 0.15) is 35.2 Å². The third kappa shape index (κ3) is 7.56. The predicted molar refractivity (Wildman–Crippen MR) is 120 cm³/mol. The van der Waals surface area contributed by atoms with Crippen molar-refractivity contribution in [2.24, 2.45) is 4.99 Å². The fourth-order valence-corrected chi connectivity index (χ4v) is 2.55. The van der Waals surface area contributed by atoms with Gasteiger partial charge in [-0.15, -0.1) is 24.0 Å². The van der Waals surface area contributed by atoms with Crippen molar-refractivity contribution in [2.45, 2.75) is 32.9 Å². The first kappa shape index (κ1) is 24.7. The number of hydrogen-bond acceptors (Lipinski definition) is 5. The number of methoxy groups -OCH3 is 1. The fourth-order valence-electron chi connectivity index (χ4n) is 2.55. The van der Waals surface area contributed by atoms with E-state index in [-0.39, 0.29) is 35.9 Å². The number of carbonyl (C=O) groups is 1. The summed E-state index contributed by atoms with van der Waals surface area (Å²) >= 11 is 0. The van der Waals surface area contributed by atoms with E-state index in [0.29, 0.717) is 41.9 Å². The summed E-state index contributed by atoms with van der Waals surface area (Å²) in [6, 6.07) is 7.70. The Hall–Kier alpha value is -2.30. The Morgan fingerprint density at radius 3 is 2.69 bits per heavy atom. The number of nitrogens with one attached hydrogen (secondary N) is 2. The van der Waals surface area contributed by atoms with Crippen LogP contribution >= 0.6 is 24.0 Å². The summed E-state index contributed by atoms with van der Waals surface area (Å²) < 4.78 is 29.4. The number of rotatable bonds is 8. The molecule has 2 rings (SSSR count). The lowest BCUT2D eigenvalue weighted by atomic mass is 10.2. The molecular formula is C20H27FIN3O4. The number of furan rings is 1. The van der Waals surface area contributed by atoms with E-state index in [1.807, 2.05) is 6.92 Å². The smallest absolute Gasteiger partial charge is 0.341 e. The molecule has 0 aliphatic heterocycles. The highest BCUT2D eigenvalue weighted by atomic mass is 127. The normalized spacial score (nSPS) is 12.0. The van der Waals surface area contributed by atoms with Crippen LogP contribution in [0.15, 0.2) is 39.7 Å². The van der Waals surface area contributed by atoms with Gasteiger partial charge in [-0.25, -0.2) is 9.18 Å². The van der Waals surface area contributed by atoms with E-state index >= 15 is 0 Å². The molecule has 0 spiro atoms. The second kappa shape index (κ2) is 12.3. The Bertz CT molecular complexity index is 826. The zero-order valence-electron chi connectivity index (χ0n) is 17.0. The Morgan fingerprint density at radius 1 is 1.31 bits per heavy atom. The summed E-state index contributed by atoms with van der Waals surface area (Å²) in [5, 5.41) is 6.28. The van der Waals surface area contributed by atoms with Crippen molar-refractivity contribution in [1.82, 2.24) is 10.6 Å². The molecule has 0 fully saturated rings. The lowest BCUT2D eigenvalue weighted by Crippen LogP contribution is -2.42. The molecule has 1 aromatic carbocycles. The maximum Gasteiger partial charge on any atom is 0.341 e. The van der Waals surface area contributed by atoms with Crippen LogP contribution in [0, 0.1) is 12.7 Å². The minimum absolute atomic E-state index is 0. The van der Waals surface area contributed by atoms with E-state index < -0.39 is 5.97 Å². The van der Waals surface area contributed by atoms with Crippen LogP contribution in [0.2, 0.25) is 0 Å². The zero-order chi connectivity index (χ0) is 20.5. The number of guanidine groups is 1. The van der Waals surface area contributed by atoms with Crippen LogP contribution in [0.5, 0.6) is 5.75 Å². The summed E-state index contributed by atoms with van der Waals surface area (Å²) in [4.78, 5) is 15.8. The molecule has 1 unspecified atom stereocenters. The van der Waals surface area contributed by atoms with Crippen LogP contribution < -0.4 is 15.4 Å². The summed E-state index contributed by atoms with van der Waals surface area (Å²) in [6.45, 7) is 4.52. The number of benzene rings is 1. The fraction of sp³-hybridized carbons (Fsp3) is 0.400. The van der Waals surface area contributed by atoms with E-state index in [4.69, 9.17) is 13.9 Å². The number of nitrogens with zero attached hydrogens (tertiary/aromatic N) is 1. The largest absolute Gasteiger partial charge is 0.489 e. The second-order valence-electron chi connectivity index (χ2n) is 6.09. The van der Waals surface area contributed by atoms with Gasteiger partial charge >= 0.3 is 5.97 Å². The van der Waals surface area contributed by atoms with Gasteiger partial charge in [-0.3, -0.25) is 4.99 Å². The molecule has 0 aliphatic carbocycles. The van der Waals surface area contributed by atoms with Crippen molar-refractivity contribution in [3.63, 3.8) is 0 Å². The standard InChI is InChI=1S/C20H26FN3O4.HI/c1-5-15(28-16-8-6-7-14(21)9-16)11-23-20(22-3)24-12-17-10-18(13(2)27-17)19(25)26-4;/h6-10,15H,5,11-12H2,1-4H3,(H2,22,23,24);1H. The van der Waals surface area contributed by atoms with Gasteiger partial charge in [-0.05, 0) is 31.5 Å². The molecule has 1 atom stereocenters. The highest BCUT2D eigenvalue weighted by Crippen LogP contribution is 2.16. The average Bonchev–Trinajstić information content (AvgIpc) is 3.07. The molecular weight excluding hydrogens is 492 g/mol. The van der Waals surface area contributed by atoms with Crippen molar-refractivity contribution in [1.29, 1.82) is 0 Å². The molecule has 0 saturated carbocycles. The van der Waals surface area contributed by atoms with Gasteiger partial charge in [0, 0.05) is 13.1 Å². The van der Waals surface area contributed by atoms with E-state index in [0.717, 1.165) is 6.42 Å². The Balaban J connectivity index is 0.00000420. The number of aliphatic imine (C=N–C) groups is 1. The van der Waals surface area contributed by atoms with E-state index in [9.17, 15) is 9.18 Å². The quantitative estimate of drug-likeness (QED) is 0.240. The highest BCUT2D eigenvalue weighted by molar-refractivity contribution is 14.0. The minimum Gasteiger partial charge on any atom is -0.489 e. The summed E-state index contributed by atoms with van der Waals surface area (Å²) in [6.07, 6.45) is 0.581. The predicted octanol–water partition coefficient (Wildman–Crippen LogP) is 3.65. The minimum atomic E-state index is -0.435. The van der Waals surface area contributed by atoms with Crippen molar-refractivity contribution in [3.05, 3.63) is 53.2 Å². The first-order valence-electron chi connectivity index (χ1n) is 9.01. The lowest BCUT2D eigenvalue weighted by Gasteiger charge is -2.19. The topological polar surface area (TPSA) is 85.1 Å². The Kier molecular flexibility index (Phi) is 10.5. The van der Waals surface area contributed by atoms with Gasteiger partial charge in [-0.2, -0.15) is 0 Å². The molecule has 1 heterocycles. The Labute approximate surface area is 187 Å². The first-order chi connectivity index (χ1) is 13.5. The average molecular weight is 519 g/mol. The molecule has 29 heavy (non-hydrogen) atoms. The highest BCUT2D eigenvalue weighted by Gasteiger charge is 2.16. The van der Waals surface area contributed by atoms with Gasteiger partial charge in [-0.1, -0.05) is 13.0 Å². The molecule has 0 radical (unpaired) electrons. The van der Waals surface area contributed by atoms with Gasteiger partial charge in [0.15, 0.2) is 5.96 Å². The van der Waals surface area contributed by atoms with Gasteiger partial charge in [0.25, 0.3) is 0 Å². The maximum atomic E-state index is 13.3. The number of esters is 1. The molecule has 0 bridgehead atoms. The monoisotopic (exact) mass is 519 g/mol. The lowest BCUT2D eigenvalue weighted by molar-refractivity contribution is 0.0599. The molecule has 7 nitrogen and oxygen atoms in total. The molecule has 0 amide bonds. The van der Waals surface area contributed by atoms with Crippen LogP contribution in [0.3, 0.4) is 0 Å². The molecule has 1 aromatic heterocycles. The molecule has 160 valence electrons. The second-order valence-corrected chi connectivity index (χ2v) is 6.09. The van der Waals surface area contributed by atoms with Gasteiger partial charge in [0.2, 0.25) is 0 Å². The zero-order valence-corrected chi connectivity index (χ0v) is 19.3. The van der Waals surface area contributed by atoms with Crippen molar-refractivity contribution in [3.8, 4) is 5.75 Å². The van der Waals surface area contributed by atoms with E-state index in [1.54, 1.807) is 32.2 Å². The molecule has 9 heteroatoms. The van der Waals surface area contributed by atoms with Crippen LogP contribution in [-0.4, -0.2) is 38.7 Å². The molecule has 2 aromatic rings. The summed E-state index contributed by atoms with van der Waals surface area (Å²) in [5.41, 5.74) is 0.400. The van der Waals surface area contributed by atoms with Gasteiger partial charge in [0.05, 0.1) is 20.2 Å². The third-order valence-electron chi connectivity index (χ3n) is 4.08. The molecule has 0 aliphatic rings. The van der Waals surface area contributed by atoms with Crippen LogP contribution in [-0.2, 0) is 11.3 Å². The SMILES string of the molecule is CCC(CNC(=NC)NCc1cc(C(=O)OC)c(C)o1)Oc1cccc(F)c1.I. The van der Waals surface area contributed by atoms with Crippen LogP contribution in [0.25, 0.3) is 0 Å². The van der Waals surface area contributed by atoms with Crippen molar-refractivity contribution in [2.75, 3.05) is 20.7 Å². The number of halogens is 2. The number of aryl methyl sites for hydroxylation is 1.